The monoisotopic (exact) mass is 363 g/mol. The zero-order chi connectivity index (χ0) is 18.4. The van der Waals surface area contributed by atoms with Gasteiger partial charge in [-0.3, -0.25) is 4.79 Å². The van der Waals surface area contributed by atoms with Crippen molar-refractivity contribution in [2.45, 2.75) is 19.4 Å². The minimum absolute atomic E-state index is 0.100. The highest BCUT2D eigenvalue weighted by Gasteiger charge is 2.16. The Labute approximate surface area is 152 Å². The van der Waals surface area contributed by atoms with Crippen LogP contribution in [0.1, 0.15) is 24.1 Å². The van der Waals surface area contributed by atoms with Crippen molar-refractivity contribution in [3.63, 3.8) is 0 Å². The van der Waals surface area contributed by atoms with E-state index in [1.54, 1.807) is 45.6 Å². The Hall–Kier alpha value is -2.40. The Balaban J connectivity index is 2.10. The molecule has 5 nitrogen and oxygen atoms in total. The van der Waals surface area contributed by atoms with E-state index in [0.29, 0.717) is 22.3 Å². The summed E-state index contributed by atoms with van der Waals surface area (Å²) >= 11 is 5.89. The summed E-state index contributed by atoms with van der Waals surface area (Å²) in [4.78, 5) is 12.4. The molecule has 0 aliphatic rings. The number of carbonyl (C=O) groups is 1. The topological polar surface area (TPSA) is 56.8 Å². The van der Waals surface area contributed by atoms with Gasteiger partial charge in [0.15, 0.2) is 11.5 Å². The fourth-order valence-corrected chi connectivity index (χ4v) is 2.68. The van der Waals surface area contributed by atoms with Gasteiger partial charge < -0.3 is 19.5 Å². The minimum atomic E-state index is -0.119. The first kappa shape index (κ1) is 18.9. The third-order valence-corrected chi connectivity index (χ3v) is 4.09. The van der Waals surface area contributed by atoms with Crippen LogP contribution in [-0.2, 0) is 11.2 Å². The van der Waals surface area contributed by atoms with Gasteiger partial charge in [-0.05, 0) is 42.3 Å². The lowest BCUT2D eigenvalue weighted by Gasteiger charge is -2.16. The molecular formula is C19H22ClNO4. The Kier molecular flexibility index (Phi) is 6.53. The lowest BCUT2D eigenvalue weighted by molar-refractivity contribution is -0.121. The Morgan fingerprint density at radius 1 is 1.04 bits per heavy atom. The normalized spacial score (nSPS) is 11.6. The van der Waals surface area contributed by atoms with E-state index in [4.69, 9.17) is 25.8 Å². The second-order valence-electron chi connectivity index (χ2n) is 5.55. The first-order valence-corrected chi connectivity index (χ1v) is 8.20. The first-order valence-electron chi connectivity index (χ1n) is 7.82. The Bertz CT molecular complexity index is 706. The van der Waals surface area contributed by atoms with Crippen LogP contribution in [0.15, 0.2) is 36.4 Å². The highest BCUT2D eigenvalue weighted by atomic mass is 35.5. The summed E-state index contributed by atoms with van der Waals surface area (Å²) in [5.41, 5.74) is 1.76. The molecule has 0 aliphatic carbocycles. The minimum Gasteiger partial charge on any atom is -0.493 e. The average molecular weight is 364 g/mol. The molecule has 0 bridgehead atoms. The van der Waals surface area contributed by atoms with Crippen molar-refractivity contribution >= 4 is 17.5 Å². The lowest BCUT2D eigenvalue weighted by Crippen LogP contribution is -2.28. The van der Waals surface area contributed by atoms with E-state index in [9.17, 15) is 4.79 Å². The van der Waals surface area contributed by atoms with Gasteiger partial charge in [-0.1, -0.05) is 23.7 Å². The van der Waals surface area contributed by atoms with Crippen LogP contribution in [0.3, 0.4) is 0 Å². The number of methoxy groups -OCH3 is 3. The molecule has 0 aromatic heterocycles. The van der Waals surface area contributed by atoms with E-state index in [2.05, 4.69) is 5.32 Å². The van der Waals surface area contributed by atoms with Crippen LogP contribution in [-0.4, -0.2) is 27.2 Å². The molecule has 134 valence electrons. The molecule has 0 saturated carbocycles. The SMILES string of the molecule is COc1cc(CC(=O)NC(C)c2ccc(Cl)cc2)cc(OC)c1OC. The number of halogens is 1. The first-order chi connectivity index (χ1) is 12.0. The van der Waals surface area contributed by atoms with Gasteiger partial charge in [-0.2, -0.15) is 0 Å². The molecule has 0 spiro atoms. The molecule has 6 heteroatoms. The van der Waals surface area contributed by atoms with E-state index < -0.39 is 0 Å². The highest BCUT2D eigenvalue weighted by Crippen LogP contribution is 2.38. The lowest BCUT2D eigenvalue weighted by atomic mass is 10.1. The number of carbonyl (C=O) groups excluding carboxylic acids is 1. The summed E-state index contributed by atoms with van der Waals surface area (Å²) in [6.45, 7) is 1.93. The molecular weight excluding hydrogens is 342 g/mol. The number of hydrogen-bond donors (Lipinski definition) is 1. The van der Waals surface area contributed by atoms with Crippen LogP contribution < -0.4 is 19.5 Å². The summed E-state index contributed by atoms with van der Waals surface area (Å²) in [6, 6.07) is 10.8. The second kappa shape index (κ2) is 8.62. The second-order valence-corrected chi connectivity index (χ2v) is 5.99. The van der Waals surface area contributed by atoms with Crippen molar-refractivity contribution in [2.24, 2.45) is 0 Å². The van der Waals surface area contributed by atoms with Crippen LogP contribution in [0.5, 0.6) is 17.2 Å². The molecule has 0 fully saturated rings. The van der Waals surface area contributed by atoms with Gasteiger partial charge in [0, 0.05) is 5.02 Å². The number of rotatable bonds is 7. The third kappa shape index (κ3) is 4.79. The van der Waals surface area contributed by atoms with Crippen LogP contribution in [0.2, 0.25) is 5.02 Å². The molecule has 1 N–H and O–H groups in total. The number of amides is 1. The van der Waals surface area contributed by atoms with Gasteiger partial charge in [-0.25, -0.2) is 0 Å². The predicted octanol–water partition coefficient (Wildman–Crippen LogP) is 3.79. The predicted molar refractivity (Wildman–Crippen MR) is 97.8 cm³/mol. The maximum Gasteiger partial charge on any atom is 0.224 e. The van der Waals surface area contributed by atoms with E-state index >= 15 is 0 Å². The summed E-state index contributed by atoms with van der Waals surface area (Å²) in [5.74, 6) is 1.45. The standard InChI is InChI=1S/C19H22ClNO4/c1-12(14-5-7-15(20)8-6-14)21-18(22)11-13-9-16(23-2)19(25-4)17(10-13)24-3/h5-10,12H,11H2,1-4H3,(H,21,22). The van der Waals surface area contributed by atoms with Gasteiger partial charge in [-0.15, -0.1) is 0 Å². The Morgan fingerprint density at radius 3 is 2.08 bits per heavy atom. The van der Waals surface area contributed by atoms with E-state index in [1.165, 1.54) is 0 Å². The number of benzene rings is 2. The molecule has 1 atom stereocenters. The molecule has 1 amide bonds. The molecule has 25 heavy (non-hydrogen) atoms. The van der Waals surface area contributed by atoms with Crippen molar-refractivity contribution in [2.75, 3.05) is 21.3 Å². The molecule has 0 saturated heterocycles. The maximum absolute atomic E-state index is 12.4. The van der Waals surface area contributed by atoms with Crippen molar-refractivity contribution in [3.8, 4) is 17.2 Å². The summed E-state index contributed by atoms with van der Waals surface area (Å²) in [5, 5.41) is 3.64. The third-order valence-electron chi connectivity index (χ3n) is 3.84. The zero-order valence-corrected chi connectivity index (χ0v) is 15.5. The van der Waals surface area contributed by atoms with Crippen molar-refractivity contribution < 1.29 is 19.0 Å². The van der Waals surface area contributed by atoms with Crippen LogP contribution >= 0.6 is 11.6 Å². The smallest absolute Gasteiger partial charge is 0.224 e. The summed E-state index contributed by atoms with van der Waals surface area (Å²) in [6.07, 6.45) is 0.203. The van der Waals surface area contributed by atoms with E-state index in [-0.39, 0.29) is 18.4 Å². The maximum atomic E-state index is 12.4. The number of hydrogen-bond acceptors (Lipinski definition) is 4. The molecule has 2 aromatic rings. The van der Waals surface area contributed by atoms with Crippen molar-refractivity contribution in [1.82, 2.24) is 5.32 Å². The van der Waals surface area contributed by atoms with Gasteiger partial charge >= 0.3 is 0 Å². The average Bonchev–Trinajstić information content (AvgIpc) is 2.61. The fraction of sp³-hybridized carbons (Fsp3) is 0.316. The molecule has 0 aliphatic heterocycles. The van der Waals surface area contributed by atoms with Crippen molar-refractivity contribution in [1.29, 1.82) is 0 Å². The largest absolute Gasteiger partial charge is 0.493 e. The number of nitrogens with one attached hydrogen (secondary N) is 1. The van der Waals surface area contributed by atoms with Gasteiger partial charge in [0.1, 0.15) is 0 Å². The quantitative estimate of drug-likeness (QED) is 0.813. The van der Waals surface area contributed by atoms with Crippen LogP contribution in [0, 0.1) is 0 Å². The van der Waals surface area contributed by atoms with Crippen LogP contribution in [0.4, 0.5) is 0 Å². The summed E-state index contributed by atoms with van der Waals surface area (Å²) in [7, 11) is 4.63. The Morgan fingerprint density at radius 2 is 1.60 bits per heavy atom. The van der Waals surface area contributed by atoms with Crippen LogP contribution in [0.25, 0.3) is 0 Å². The molecule has 1 unspecified atom stereocenters. The number of ether oxygens (including phenoxy) is 3. The molecule has 2 aromatic carbocycles. The molecule has 2 rings (SSSR count). The van der Waals surface area contributed by atoms with E-state index in [1.807, 2.05) is 19.1 Å². The van der Waals surface area contributed by atoms with E-state index in [0.717, 1.165) is 11.1 Å². The molecule has 0 radical (unpaired) electrons. The molecule has 0 heterocycles. The van der Waals surface area contributed by atoms with Gasteiger partial charge in [0.25, 0.3) is 0 Å². The summed E-state index contributed by atoms with van der Waals surface area (Å²) < 4.78 is 15.9. The fourth-order valence-electron chi connectivity index (χ4n) is 2.55. The highest BCUT2D eigenvalue weighted by molar-refractivity contribution is 6.30. The van der Waals surface area contributed by atoms with Gasteiger partial charge in [0.2, 0.25) is 11.7 Å². The zero-order valence-electron chi connectivity index (χ0n) is 14.8. The van der Waals surface area contributed by atoms with Crippen molar-refractivity contribution in [3.05, 3.63) is 52.5 Å². The van der Waals surface area contributed by atoms with Gasteiger partial charge in [0.05, 0.1) is 33.8 Å².